The van der Waals surface area contributed by atoms with E-state index in [9.17, 15) is 27.9 Å². The number of carboxylic acid groups (broad SMARTS) is 1. The van der Waals surface area contributed by atoms with E-state index < -0.39 is 23.6 Å². The van der Waals surface area contributed by atoms with Crippen molar-refractivity contribution in [2.24, 2.45) is 5.92 Å². The molecule has 1 aromatic rings. The van der Waals surface area contributed by atoms with Gasteiger partial charge in [-0.05, 0) is 24.1 Å². The van der Waals surface area contributed by atoms with Gasteiger partial charge in [-0.2, -0.15) is 13.2 Å². The Bertz CT molecular complexity index is 702. The molecule has 2 heterocycles. The third-order valence-electron chi connectivity index (χ3n) is 5.23. The van der Waals surface area contributed by atoms with Crippen LogP contribution in [0.15, 0.2) is 24.3 Å². The zero-order valence-electron chi connectivity index (χ0n) is 14.8. The molecule has 0 bridgehead atoms. The number of benzene rings is 1. The molecule has 9 heteroatoms. The molecule has 2 amide bonds. The summed E-state index contributed by atoms with van der Waals surface area (Å²) in [6.07, 6.45) is -4.16. The topological polar surface area (TPSA) is 70.1 Å². The van der Waals surface area contributed by atoms with E-state index in [2.05, 4.69) is 0 Å². The highest BCUT2D eigenvalue weighted by atomic mass is 19.4. The highest BCUT2D eigenvalue weighted by molar-refractivity contribution is 5.77. The Balaban J connectivity index is 1.74. The summed E-state index contributed by atoms with van der Waals surface area (Å²) in [6.45, 7) is 1.28. The highest BCUT2D eigenvalue weighted by Crippen LogP contribution is 2.34. The highest BCUT2D eigenvalue weighted by Gasteiger charge is 2.39. The lowest BCUT2D eigenvalue weighted by Crippen LogP contribution is -2.60. The lowest BCUT2D eigenvalue weighted by molar-refractivity contribution is -0.143. The lowest BCUT2D eigenvalue weighted by Gasteiger charge is -2.44. The molecule has 1 N–H and O–H groups in total. The minimum absolute atomic E-state index is 0.0141. The van der Waals surface area contributed by atoms with E-state index in [0.717, 1.165) is 12.1 Å². The lowest BCUT2D eigenvalue weighted by atomic mass is 9.84. The largest absolute Gasteiger partial charge is 0.481 e. The van der Waals surface area contributed by atoms with E-state index >= 15 is 0 Å². The molecular formula is C18H21F3N2O4. The number of urea groups is 1. The number of halogens is 3. The van der Waals surface area contributed by atoms with E-state index in [0.29, 0.717) is 18.7 Å². The second-order valence-corrected chi connectivity index (χ2v) is 7.04. The standard InChI is InChI=1S/C18H21F3N2O4/c1-27-15-9-23(10-15)17(26)22-7-12(6-13(8-22)16(24)25)11-2-4-14(5-3-11)18(19,20)21/h2-5,12-13,15H,6-10H2,1H3,(H,24,25). The number of rotatable bonds is 3. The van der Waals surface area contributed by atoms with E-state index in [-0.39, 0.29) is 37.6 Å². The number of amides is 2. The summed E-state index contributed by atoms with van der Waals surface area (Å²) in [5.74, 6) is -2.09. The molecule has 148 valence electrons. The molecule has 2 atom stereocenters. The molecule has 0 aromatic heterocycles. The molecule has 2 unspecified atom stereocenters. The molecule has 0 saturated carbocycles. The predicted octanol–water partition coefficient (Wildman–Crippen LogP) is 2.65. The quantitative estimate of drug-likeness (QED) is 0.867. The molecule has 0 spiro atoms. The molecule has 2 aliphatic rings. The monoisotopic (exact) mass is 386 g/mol. The van der Waals surface area contributed by atoms with E-state index in [1.165, 1.54) is 17.0 Å². The molecule has 2 saturated heterocycles. The van der Waals surface area contributed by atoms with Crippen LogP contribution in [0.4, 0.5) is 18.0 Å². The van der Waals surface area contributed by atoms with Crippen LogP contribution in [0, 0.1) is 5.92 Å². The molecule has 27 heavy (non-hydrogen) atoms. The van der Waals surface area contributed by atoms with Gasteiger partial charge in [-0.1, -0.05) is 12.1 Å². The number of aliphatic carboxylic acids is 1. The van der Waals surface area contributed by atoms with Gasteiger partial charge in [-0.3, -0.25) is 4.79 Å². The number of carbonyl (C=O) groups is 2. The first-order valence-electron chi connectivity index (χ1n) is 8.65. The van der Waals surface area contributed by atoms with Crippen molar-refractivity contribution in [1.29, 1.82) is 0 Å². The van der Waals surface area contributed by atoms with Crippen LogP contribution in [-0.2, 0) is 15.7 Å². The first-order valence-corrected chi connectivity index (χ1v) is 8.65. The Hall–Kier alpha value is -2.29. The zero-order chi connectivity index (χ0) is 19.8. The second kappa shape index (κ2) is 7.38. The van der Waals surface area contributed by atoms with E-state index in [4.69, 9.17) is 4.74 Å². The fourth-order valence-corrected chi connectivity index (χ4v) is 3.56. The number of methoxy groups -OCH3 is 1. The number of carbonyl (C=O) groups excluding carboxylic acids is 1. The zero-order valence-corrected chi connectivity index (χ0v) is 14.8. The summed E-state index contributed by atoms with van der Waals surface area (Å²) < 4.78 is 43.4. The summed E-state index contributed by atoms with van der Waals surface area (Å²) >= 11 is 0. The number of hydrogen-bond acceptors (Lipinski definition) is 3. The van der Waals surface area contributed by atoms with Crippen molar-refractivity contribution >= 4 is 12.0 Å². The Morgan fingerprint density at radius 2 is 1.67 bits per heavy atom. The summed E-state index contributed by atoms with van der Waals surface area (Å²) in [5.41, 5.74) is -0.152. The predicted molar refractivity (Wildman–Crippen MR) is 89.3 cm³/mol. The van der Waals surface area contributed by atoms with Crippen LogP contribution in [0.3, 0.4) is 0 Å². The Kier molecular flexibility index (Phi) is 5.32. The van der Waals surface area contributed by atoms with Crippen molar-refractivity contribution in [2.45, 2.75) is 24.6 Å². The maximum absolute atomic E-state index is 12.7. The third-order valence-corrected chi connectivity index (χ3v) is 5.23. The number of carboxylic acids is 1. The molecule has 2 aliphatic heterocycles. The summed E-state index contributed by atoms with van der Waals surface area (Å²) in [4.78, 5) is 27.2. The normalized spacial score (nSPS) is 23.9. The van der Waals surface area contributed by atoms with Crippen molar-refractivity contribution in [3.63, 3.8) is 0 Å². The number of ether oxygens (including phenoxy) is 1. The van der Waals surface area contributed by atoms with Crippen LogP contribution in [0.25, 0.3) is 0 Å². The first kappa shape index (κ1) is 19.5. The summed E-state index contributed by atoms with van der Waals surface area (Å²) in [6, 6.07) is 4.46. The van der Waals surface area contributed by atoms with Gasteiger partial charge in [0.1, 0.15) is 0 Å². The van der Waals surface area contributed by atoms with Crippen molar-refractivity contribution in [3.05, 3.63) is 35.4 Å². The van der Waals surface area contributed by atoms with E-state index in [1.807, 2.05) is 0 Å². The molecular weight excluding hydrogens is 365 g/mol. The Labute approximate surface area is 154 Å². The molecule has 2 fully saturated rings. The number of alkyl halides is 3. The molecule has 0 aliphatic carbocycles. The number of likely N-dealkylation sites (tertiary alicyclic amines) is 2. The van der Waals surface area contributed by atoms with Crippen LogP contribution in [0.5, 0.6) is 0 Å². The van der Waals surface area contributed by atoms with Gasteiger partial charge in [0.15, 0.2) is 0 Å². The fraction of sp³-hybridized carbons (Fsp3) is 0.556. The maximum atomic E-state index is 12.7. The first-order chi connectivity index (χ1) is 12.7. The minimum Gasteiger partial charge on any atom is -0.481 e. The van der Waals surface area contributed by atoms with Gasteiger partial charge < -0.3 is 19.6 Å². The van der Waals surface area contributed by atoms with E-state index in [1.54, 1.807) is 12.0 Å². The second-order valence-electron chi connectivity index (χ2n) is 7.04. The van der Waals surface area contributed by atoms with Crippen molar-refractivity contribution in [1.82, 2.24) is 9.80 Å². The summed E-state index contributed by atoms with van der Waals surface area (Å²) in [5, 5.41) is 9.42. The number of piperidine rings is 1. The van der Waals surface area contributed by atoms with Crippen molar-refractivity contribution < 1.29 is 32.6 Å². The van der Waals surface area contributed by atoms with Gasteiger partial charge >= 0.3 is 18.2 Å². The molecule has 6 nitrogen and oxygen atoms in total. The van der Waals surface area contributed by atoms with Gasteiger partial charge in [-0.25, -0.2) is 4.79 Å². The van der Waals surface area contributed by atoms with Gasteiger partial charge in [0.2, 0.25) is 0 Å². The van der Waals surface area contributed by atoms with Gasteiger partial charge in [0.25, 0.3) is 0 Å². The van der Waals surface area contributed by atoms with Crippen molar-refractivity contribution in [3.8, 4) is 0 Å². The number of hydrogen-bond donors (Lipinski definition) is 1. The third kappa shape index (κ3) is 4.18. The fourth-order valence-electron chi connectivity index (χ4n) is 3.56. The smallest absolute Gasteiger partial charge is 0.416 e. The average Bonchev–Trinajstić information content (AvgIpc) is 2.59. The molecule has 1 aromatic carbocycles. The van der Waals surface area contributed by atoms with Crippen LogP contribution < -0.4 is 0 Å². The van der Waals surface area contributed by atoms with Crippen LogP contribution in [-0.4, -0.2) is 66.3 Å². The van der Waals surface area contributed by atoms with Gasteiger partial charge in [-0.15, -0.1) is 0 Å². The maximum Gasteiger partial charge on any atom is 0.416 e. The van der Waals surface area contributed by atoms with Crippen LogP contribution in [0.2, 0.25) is 0 Å². The SMILES string of the molecule is COC1CN(C(=O)N2CC(C(=O)O)CC(c3ccc(C(F)(F)F)cc3)C2)C1. The minimum atomic E-state index is -4.42. The number of nitrogens with zero attached hydrogens (tertiary/aromatic N) is 2. The molecule has 0 radical (unpaired) electrons. The van der Waals surface area contributed by atoms with Gasteiger partial charge in [0.05, 0.1) is 30.7 Å². The molecule has 3 rings (SSSR count). The average molecular weight is 386 g/mol. The van der Waals surface area contributed by atoms with Crippen molar-refractivity contribution in [2.75, 3.05) is 33.3 Å². The van der Waals surface area contributed by atoms with Gasteiger partial charge in [0, 0.05) is 26.1 Å². The van der Waals surface area contributed by atoms with Crippen LogP contribution in [0.1, 0.15) is 23.5 Å². The summed E-state index contributed by atoms with van der Waals surface area (Å²) in [7, 11) is 1.56. The Morgan fingerprint density at radius 3 is 2.19 bits per heavy atom. The Morgan fingerprint density at radius 1 is 1.07 bits per heavy atom. The van der Waals surface area contributed by atoms with Crippen LogP contribution >= 0.6 is 0 Å².